The molecule has 1 aliphatic rings. The summed E-state index contributed by atoms with van der Waals surface area (Å²) in [7, 11) is 0. The average molecular weight is 131 g/mol. The first kappa shape index (κ1) is 6.99. The van der Waals surface area contributed by atoms with Crippen LogP contribution in [0.3, 0.4) is 0 Å². The molecule has 0 spiro atoms. The van der Waals surface area contributed by atoms with Gasteiger partial charge in [-0.3, -0.25) is 0 Å². The summed E-state index contributed by atoms with van der Waals surface area (Å²) in [4.78, 5) is 4.68. The van der Waals surface area contributed by atoms with Crippen molar-refractivity contribution in [1.29, 1.82) is 0 Å². The number of hydrogen-bond donors (Lipinski definition) is 1. The van der Waals surface area contributed by atoms with Crippen LogP contribution in [0.5, 0.6) is 0 Å². The highest BCUT2D eigenvalue weighted by atomic mass is 16.6. The summed E-state index contributed by atoms with van der Waals surface area (Å²) in [6.45, 7) is 5.60. The molecule has 1 atom stereocenters. The van der Waals surface area contributed by atoms with Gasteiger partial charge in [-0.15, -0.1) is 0 Å². The molecule has 0 radical (unpaired) electrons. The first-order valence-corrected chi connectivity index (χ1v) is 3.12. The van der Waals surface area contributed by atoms with Gasteiger partial charge < -0.3 is 9.57 Å². The molecule has 1 unspecified atom stereocenters. The fourth-order valence-corrected chi connectivity index (χ4v) is 0.823. The van der Waals surface area contributed by atoms with Gasteiger partial charge in [-0.1, -0.05) is 6.92 Å². The maximum absolute atomic E-state index is 5.03. The molecule has 1 aliphatic heterocycles. The van der Waals surface area contributed by atoms with Crippen LogP contribution in [0.15, 0.2) is 0 Å². The van der Waals surface area contributed by atoms with Crippen LogP contribution >= 0.6 is 0 Å². The van der Waals surface area contributed by atoms with Gasteiger partial charge in [0.25, 0.3) is 0 Å². The zero-order valence-corrected chi connectivity index (χ0v) is 5.89. The van der Waals surface area contributed by atoms with Crippen molar-refractivity contribution in [2.45, 2.75) is 20.0 Å². The Kier molecular flexibility index (Phi) is 1.75. The van der Waals surface area contributed by atoms with Crippen LogP contribution in [0.25, 0.3) is 0 Å². The molecule has 0 amide bonds. The van der Waals surface area contributed by atoms with Gasteiger partial charge in [-0.05, 0) is 6.92 Å². The van der Waals surface area contributed by atoms with Gasteiger partial charge in [-0.25, -0.2) is 5.90 Å². The summed E-state index contributed by atoms with van der Waals surface area (Å²) in [5, 5.41) is 0. The Balaban J connectivity index is 2.38. The topological polar surface area (TPSA) is 44.5 Å². The highest BCUT2D eigenvalue weighted by molar-refractivity contribution is 4.85. The fraction of sp³-hybridized carbons (Fsp3) is 1.00. The zero-order valence-electron chi connectivity index (χ0n) is 5.89. The van der Waals surface area contributed by atoms with Gasteiger partial charge in [0, 0.05) is 5.41 Å². The van der Waals surface area contributed by atoms with Crippen molar-refractivity contribution in [3.63, 3.8) is 0 Å². The minimum atomic E-state index is 0.103. The molecule has 9 heavy (non-hydrogen) atoms. The monoisotopic (exact) mass is 131 g/mol. The highest BCUT2D eigenvalue weighted by Gasteiger charge is 2.39. The molecule has 2 N–H and O–H groups in total. The molecule has 1 saturated heterocycles. The second-order valence-electron chi connectivity index (χ2n) is 2.93. The lowest BCUT2D eigenvalue weighted by molar-refractivity contribution is -0.173. The van der Waals surface area contributed by atoms with E-state index in [0.717, 1.165) is 13.2 Å². The van der Waals surface area contributed by atoms with Crippen molar-refractivity contribution in [2.24, 2.45) is 11.3 Å². The quantitative estimate of drug-likeness (QED) is 0.548. The molecule has 0 bridgehead atoms. The first-order chi connectivity index (χ1) is 4.19. The normalized spacial score (nSPS) is 27.0. The van der Waals surface area contributed by atoms with Crippen molar-refractivity contribution in [3.8, 4) is 0 Å². The molecule has 0 aromatic rings. The third-order valence-corrected chi connectivity index (χ3v) is 2.05. The van der Waals surface area contributed by atoms with Gasteiger partial charge in [0.05, 0.1) is 19.3 Å². The fourth-order valence-electron chi connectivity index (χ4n) is 0.823. The van der Waals surface area contributed by atoms with Crippen molar-refractivity contribution in [1.82, 2.24) is 0 Å². The number of rotatable bonds is 2. The molecule has 1 rings (SSSR count). The van der Waals surface area contributed by atoms with E-state index in [1.54, 1.807) is 0 Å². The molecule has 0 saturated carbocycles. The Morgan fingerprint density at radius 3 is 2.33 bits per heavy atom. The van der Waals surface area contributed by atoms with E-state index in [4.69, 9.17) is 10.6 Å². The Morgan fingerprint density at radius 1 is 1.67 bits per heavy atom. The van der Waals surface area contributed by atoms with Crippen molar-refractivity contribution < 1.29 is 9.57 Å². The largest absolute Gasteiger partial charge is 0.380 e. The standard InChI is InChI=1S/C6H13NO2/c1-5(9-7)6(2)3-8-4-6/h5H,3-4,7H2,1-2H3. The molecule has 1 fully saturated rings. The Labute approximate surface area is 55.1 Å². The number of hydrogen-bond acceptors (Lipinski definition) is 3. The maximum atomic E-state index is 5.03. The van der Waals surface area contributed by atoms with Crippen LogP contribution in [0.1, 0.15) is 13.8 Å². The van der Waals surface area contributed by atoms with Crippen molar-refractivity contribution in [3.05, 3.63) is 0 Å². The van der Waals surface area contributed by atoms with Gasteiger partial charge in [-0.2, -0.15) is 0 Å². The van der Waals surface area contributed by atoms with E-state index in [0.29, 0.717) is 0 Å². The van der Waals surface area contributed by atoms with E-state index < -0.39 is 0 Å². The Hall–Kier alpha value is -0.120. The van der Waals surface area contributed by atoms with Crippen LogP contribution in [0.4, 0.5) is 0 Å². The van der Waals surface area contributed by atoms with Gasteiger partial charge in [0.2, 0.25) is 0 Å². The summed E-state index contributed by atoms with van der Waals surface area (Å²) in [5.74, 6) is 5.01. The summed E-state index contributed by atoms with van der Waals surface area (Å²) in [6.07, 6.45) is 0.103. The van der Waals surface area contributed by atoms with Crippen LogP contribution < -0.4 is 5.90 Å². The lowest BCUT2D eigenvalue weighted by atomic mass is 9.83. The van der Waals surface area contributed by atoms with Gasteiger partial charge >= 0.3 is 0 Å². The lowest BCUT2D eigenvalue weighted by Gasteiger charge is -2.41. The summed E-state index contributed by atoms with van der Waals surface area (Å²) in [6, 6.07) is 0. The second kappa shape index (κ2) is 2.25. The molecule has 3 heteroatoms. The number of nitrogens with two attached hydrogens (primary N) is 1. The molecule has 3 nitrogen and oxygen atoms in total. The first-order valence-electron chi connectivity index (χ1n) is 3.12. The molecular formula is C6H13NO2. The van der Waals surface area contributed by atoms with E-state index in [1.807, 2.05) is 6.92 Å². The number of ether oxygens (including phenoxy) is 1. The minimum absolute atomic E-state index is 0.103. The molecule has 0 aliphatic carbocycles. The van der Waals surface area contributed by atoms with E-state index in [2.05, 4.69) is 11.8 Å². The van der Waals surface area contributed by atoms with E-state index >= 15 is 0 Å². The maximum Gasteiger partial charge on any atom is 0.0856 e. The van der Waals surface area contributed by atoms with Gasteiger partial charge in [0.15, 0.2) is 0 Å². The van der Waals surface area contributed by atoms with Crippen molar-refractivity contribution >= 4 is 0 Å². The third kappa shape index (κ3) is 1.08. The third-order valence-electron chi connectivity index (χ3n) is 2.05. The summed E-state index contributed by atoms with van der Waals surface area (Å²) in [5.41, 5.74) is 0.161. The highest BCUT2D eigenvalue weighted by Crippen LogP contribution is 2.31. The second-order valence-corrected chi connectivity index (χ2v) is 2.93. The van der Waals surface area contributed by atoms with Crippen molar-refractivity contribution in [2.75, 3.05) is 13.2 Å². The van der Waals surface area contributed by atoms with E-state index in [9.17, 15) is 0 Å². The molecule has 0 aromatic heterocycles. The molecule has 1 heterocycles. The summed E-state index contributed by atoms with van der Waals surface area (Å²) < 4.78 is 5.03. The predicted octanol–water partition coefficient (Wildman–Crippen LogP) is 0.302. The lowest BCUT2D eigenvalue weighted by Crippen LogP contribution is -2.49. The Bertz CT molecular complexity index is 101. The Morgan fingerprint density at radius 2 is 2.22 bits per heavy atom. The zero-order chi connectivity index (χ0) is 6.91. The van der Waals surface area contributed by atoms with Crippen LogP contribution in [0.2, 0.25) is 0 Å². The molecule has 54 valence electrons. The smallest absolute Gasteiger partial charge is 0.0856 e. The van der Waals surface area contributed by atoms with Crippen LogP contribution in [0, 0.1) is 5.41 Å². The molecular weight excluding hydrogens is 118 g/mol. The summed E-state index contributed by atoms with van der Waals surface area (Å²) >= 11 is 0. The predicted molar refractivity (Wildman–Crippen MR) is 33.7 cm³/mol. The minimum Gasteiger partial charge on any atom is -0.380 e. The average Bonchev–Trinajstić information content (AvgIpc) is 1.81. The van der Waals surface area contributed by atoms with Crippen LogP contribution in [-0.4, -0.2) is 19.3 Å². The van der Waals surface area contributed by atoms with Gasteiger partial charge in [0.1, 0.15) is 0 Å². The van der Waals surface area contributed by atoms with E-state index in [-0.39, 0.29) is 11.5 Å². The van der Waals surface area contributed by atoms with Crippen LogP contribution in [-0.2, 0) is 9.57 Å². The SMILES string of the molecule is CC(ON)C1(C)COC1. The van der Waals surface area contributed by atoms with E-state index in [1.165, 1.54) is 0 Å². The molecule has 0 aromatic carbocycles.